The number of halogens is 2. The third kappa shape index (κ3) is 4.58. The number of carbonyl (C=O) groups is 1. The molecule has 1 saturated carbocycles. The number of amides is 1. The van der Waals surface area contributed by atoms with Gasteiger partial charge in [-0.2, -0.15) is 0 Å². The van der Waals surface area contributed by atoms with Crippen molar-refractivity contribution < 1.29 is 13.6 Å². The van der Waals surface area contributed by atoms with Crippen molar-refractivity contribution in [3.63, 3.8) is 0 Å². The van der Waals surface area contributed by atoms with Gasteiger partial charge in [-0.1, -0.05) is 0 Å². The van der Waals surface area contributed by atoms with Crippen molar-refractivity contribution in [2.45, 2.75) is 44.6 Å². The molecule has 1 aliphatic carbocycles. The number of rotatable bonds is 4. The van der Waals surface area contributed by atoms with Crippen molar-refractivity contribution in [2.75, 3.05) is 20.6 Å². The van der Waals surface area contributed by atoms with Gasteiger partial charge in [0.05, 0.1) is 6.04 Å². The van der Waals surface area contributed by atoms with Crippen LogP contribution in [0.5, 0.6) is 0 Å². The molecule has 3 nitrogen and oxygen atoms in total. The highest BCUT2D eigenvalue weighted by Crippen LogP contribution is 2.36. The second-order valence-electron chi connectivity index (χ2n) is 5.18. The van der Waals surface area contributed by atoms with Crippen molar-refractivity contribution in [1.29, 1.82) is 0 Å². The van der Waals surface area contributed by atoms with E-state index in [1.54, 1.807) is 21.0 Å². The summed E-state index contributed by atoms with van der Waals surface area (Å²) in [6, 6.07) is -0.305. The fraction of sp³-hybridized carbons (Fsp3) is 0.917. The molecule has 0 saturated heterocycles. The summed E-state index contributed by atoms with van der Waals surface area (Å²) in [5.41, 5.74) is 0. The quantitative estimate of drug-likeness (QED) is 0.824. The van der Waals surface area contributed by atoms with Crippen LogP contribution in [0.1, 0.15) is 32.6 Å². The van der Waals surface area contributed by atoms with Crippen LogP contribution in [0, 0.1) is 5.92 Å². The number of carbonyl (C=O) groups excluding carboxylic acids is 1. The van der Waals surface area contributed by atoms with E-state index in [4.69, 9.17) is 0 Å². The first kappa shape index (κ1) is 14.4. The molecule has 0 aromatic rings. The molecule has 2 atom stereocenters. The lowest BCUT2D eigenvalue weighted by Gasteiger charge is -2.30. The molecule has 5 heteroatoms. The second kappa shape index (κ2) is 5.76. The van der Waals surface area contributed by atoms with Gasteiger partial charge in [-0.05, 0) is 32.2 Å². The molecule has 1 fully saturated rings. The van der Waals surface area contributed by atoms with E-state index in [0.717, 1.165) is 6.42 Å². The average molecular weight is 248 g/mol. The van der Waals surface area contributed by atoms with Crippen molar-refractivity contribution in [2.24, 2.45) is 5.92 Å². The fourth-order valence-electron chi connectivity index (χ4n) is 2.27. The van der Waals surface area contributed by atoms with Crippen LogP contribution in [0.2, 0.25) is 0 Å². The molecule has 0 aromatic carbocycles. The van der Waals surface area contributed by atoms with Gasteiger partial charge in [0.15, 0.2) is 0 Å². The third-order valence-electron chi connectivity index (χ3n) is 3.27. The molecule has 1 amide bonds. The molecule has 0 bridgehead atoms. The molecular formula is C12H22F2N2O. The molecule has 0 heterocycles. The van der Waals surface area contributed by atoms with Crippen LogP contribution in [0.25, 0.3) is 0 Å². The van der Waals surface area contributed by atoms with Gasteiger partial charge in [0.25, 0.3) is 0 Å². The minimum absolute atomic E-state index is 0.00961. The molecule has 0 aliphatic heterocycles. The van der Waals surface area contributed by atoms with E-state index in [1.807, 2.05) is 0 Å². The van der Waals surface area contributed by atoms with E-state index >= 15 is 0 Å². The molecule has 0 radical (unpaired) electrons. The Morgan fingerprint density at radius 3 is 2.71 bits per heavy atom. The van der Waals surface area contributed by atoms with Gasteiger partial charge >= 0.3 is 0 Å². The van der Waals surface area contributed by atoms with Crippen LogP contribution in [0.3, 0.4) is 0 Å². The summed E-state index contributed by atoms with van der Waals surface area (Å²) in [6.07, 6.45) is 1.36. The first-order valence-electron chi connectivity index (χ1n) is 6.14. The lowest BCUT2D eigenvalue weighted by Crippen LogP contribution is -2.44. The predicted molar refractivity (Wildman–Crippen MR) is 63.1 cm³/mol. The first-order valence-corrected chi connectivity index (χ1v) is 6.14. The van der Waals surface area contributed by atoms with Crippen LogP contribution in [0.15, 0.2) is 0 Å². The van der Waals surface area contributed by atoms with Crippen molar-refractivity contribution in [3.05, 3.63) is 0 Å². The molecular weight excluding hydrogens is 226 g/mol. The SMILES string of the molecule is CC(NCC1CCCC(F)(F)C1)C(=O)N(C)C. The normalized spacial score (nSPS) is 25.4. The van der Waals surface area contributed by atoms with E-state index in [9.17, 15) is 13.6 Å². The van der Waals surface area contributed by atoms with Gasteiger partial charge in [0.2, 0.25) is 11.8 Å². The summed E-state index contributed by atoms with van der Waals surface area (Å²) in [5.74, 6) is -2.55. The highest BCUT2D eigenvalue weighted by atomic mass is 19.3. The van der Waals surface area contributed by atoms with Gasteiger partial charge in [-0.15, -0.1) is 0 Å². The Morgan fingerprint density at radius 1 is 1.53 bits per heavy atom. The maximum Gasteiger partial charge on any atom is 0.248 e. The largest absolute Gasteiger partial charge is 0.347 e. The maximum atomic E-state index is 13.2. The third-order valence-corrected chi connectivity index (χ3v) is 3.27. The molecule has 100 valence electrons. The Bertz CT molecular complexity index is 269. The van der Waals surface area contributed by atoms with E-state index in [2.05, 4.69) is 5.32 Å². The smallest absolute Gasteiger partial charge is 0.248 e. The summed E-state index contributed by atoms with van der Waals surface area (Å²) in [5, 5.41) is 3.05. The van der Waals surface area contributed by atoms with Crippen LogP contribution >= 0.6 is 0 Å². The molecule has 1 N–H and O–H groups in total. The number of nitrogens with one attached hydrogen (secondary N) is 1. The van der Waals surface area contributed by atoms with Gasteiger partial charge in [0.1, 0.15) is 0 Å². The Labute approximate surface area is 102 Å². The van der Waals surface area contributed by atoms with Crippen molar-refractivity contribution >= 4 is 5.91 Å². The van der Waals surface area contributed by atoms with E-state index in [0.29, 0.717) is 13.0 Å². The minimum Gasteiger partial charge on any atom is -0.347 e. The maximum absolute atomic E-state index is 13.2. The molecule has 1 rings (SSSR count). The van der Waals surface area contributed by atoms with E-state index in [-0.39, 0.29) is 30.7 Å². The number of nitrogens with zero attached hydrogens (tertiary/aromatic N) is 1. The number of likely N-dealkylation sites (N-methyl/N-ethyl adjacent to an activating group) is 1. The average Bonchev–Trinajstić information content (AvgIpc) is 2.23. The molecule has 0 spiro atoms. The zero-order valence-electron chi connectivity index (χ0n) is 10.8. The predicted octanol–water partition coefficient (Wildman–Crippen LogP) is 1.88. The monoisotopic (exact) mass is 248 g/mol. The summed E-state index contributed by atoms with van der Waals surface area (Å²) in [7, 11) is 3.38. The highest BCUT2D eigenvalue weighted by molar-refractivity contribution is 5.80. The molecule has 1 aliphatic rings. The zero-order chi connectivity index (χ0) is 13.1. The second-order valence-corrected chi connectivity index (χ2v) is 5.18. The molecule has 17 heavy (non-hydrogen) atoms. The van der Waals surface area contributed by atoms with E-state index < -0.39 is 5.92 Å². The van der Waals surface area contributed by atoms with Gasteiger partial charge in [-0.3, -0.25) is 4.79 Å². The van der Waals surface area contributed by atoms with Crippen LogP contribution < -0.4 is 5.32 Å². The first-order chi connectivity index (χ1) is 7.82. The zero-order valence-corrected chi connectivity index (χ0v) is 10.8. The molecule has 2 unspecified atom stereocenters. The Hall–Kier alpha value is -0.710. The summed E-state index contributed by atoms with van der Waals surface area (Å²) in [6.45, 7) is 2.26. The van der Waals surface area contributed by atoms with Gasteiger partial charge in [0, 0.05) is 26.9 Å². The fourth-order valence-corrected chi connectivity index (χ4v) is 2.27. The number of alkyl halides is 2. The standard InChI is InChI=1S/C12H22F2N2O/c1-9(11(17)16(2)3)15-8-10-5-4-6-12(13,14)7-10/h9-10,15H,4-8H2,1-3H3. The highest BCUT2D eigenvalue weighted by Gasteiger charge is 2.36. The molecule has 0 aromatic heterocycles. The van der Waals surface area contributed by atoms with Gasteiger partial charge < -0.3 is 10.2 Å². The lowest BCUT2D eigenvalue weighted by atomic mass is 9.86. The Morgan fingerprint density at radius 2 is 2.18 bits per heavy atom. The number of hydrogen-bond donors (Lipinski definition) is 1. The lowest BCUT2D eigenvalue weighted by molar-refractivity contribution is -0.130. The summed E-state index contributed by atoms with van der Waals surface area (Å²) < 4.78 is 26.3. The van der Waals surface area contributed by atoms with Crippen molar-refractivity contribution in [3.8, 4) is 0 Å². The Balaban J connectivity index is 2.33. The summed E-state index contributed by atoms with van der Waals surface area (Å²) in [4.78, 5) is 13.1. The van der Waals surface area contributed by atoms with Crippen molar-refractivity contribution in [1.82, 2.24) is 10.2 Å². The topological polar surface area (TPSA) is 32.3 Å². The summed E-state index contributed by atoms with van der Waals surface area (Å²) >= 11 is 0. The van der Waals surface area contributed by atoms with E-state index in [1.165, 1.54) is 4.90 Å². The Kier molecular flexibility index (Phi) is 4.86. The number of hydrogen-bond acceptors (Lipinski definition) is 2. The van der Waals surface area contributed by atoms with Gasteiger partial charge in [-0.25, -0.2) is 8.78 Å². The van der Waals surface area contributed by atoms with Crippen LogP contribution in [-0.2, 0) is 4.79 Å². The van der Waals surface area contributed by atoms with Crippen LogP contribution in [0.4, 0.5) is 8.78 Å². The van der Waals surface area contributed by atoms with Crippen LogP contribution in [-0.4, -0.2) is 43.4 Å². The minimum atomic E-state index is -2.51.